The third kappa shape index (κ3) is 5.84. The summed E-state index contributed by atoms with van der Waals surface area (Å²) in [6.45, 7) is 9.86. The van der Waals surface area contributed by atoms with Crippen LogP contribution in [-0.4, -0.2) is 63.2 Å². The molecule has 3 rings (SSSR count). The molecule has 0 spiro atoms. The highest BCUT2D eigenvalue weighted by atomic mass is 19.1. The minimum absolute atomic E-state index is 0.131. The first-order valence-electron chi connectivity index (χ1n) is 10.8. The molecule has 2 heterocycles. The summed E-state index contributed by atoms with van der Waals surface area (Å²) in [6.07, 6.45) is 4.66. The second-order valence-electron chi connectivity index (χ2n) is 8.37. The van der Waals surface area contributed by atoms with E-state index in [2.05, 4.69) is 34.4 Å². The van der Waals surface area contributed by atoms with Crippen LogP contribution in [0.2, 0.25) is 0 Å². The topological polar surface area (TPSA) is 42.9 Å². The first-order chi connectivity index (χ1) is 13.5. The van der Waals surface area contributed by atoms with Gasteiger partial charge >= 0.3 is 0 Å². The van der Waals surface area contributed by atoms with Crippen LogP contribution < -0.4 is 15.5 Å². The van der Waals surface area contributed by atoms with Crippen LogP contribution >= 0.6 is 0 Å². The Kier molecular flexibility index (Phi) is 7.54. The van der Waals surface area contributed by atoms with Crippen molar-refractivity contribution in [2.45, 2.75) is 45.6 Å². The lowest BCUT2D eigenvalue weighted by atomic mass is 9.99. The molecule has 2 fully saturated rings. The number of halogens is 1. The van der Waals surface area contributed by atoms with Gasteiger partial charge in [0.15, 0.2) is 5.96 Å². The zero-order valence-electron chi connectivity index (χ0n) is 17.7. The Labute approximate surface area is 169 Å². The standard InChI is InChI=1S/C22H36FN5/c1-4-24-22(25-14-18-7-5-11-27(3)15-18)26-19-8-6-12-28(16-19)21-13-17(2)9-10-20(21)23/h9-10,13,18-19H,4-8,11-12,14-16H2,1-3H3,(H2,24,25,26). The van der Waals surface area contributed by atoms with E-state index in [1.165, 1.54) is 19.4 Å². The molecule has 5 nitrogen and oxygen atoms in total. The molecular formula is C22H36FN5. The van der Waals surface area contributed by atoms with Crippen molar-refractivity contribution in [3.63, 3.8) is 0 Å². The molecule has 2 aliphatic rings. The Bertz CT molecular complexity index is 662. The number of piperidine rings is 2. The fourth-order valence-electron chi connectivity index (χ4n) is 4.33. The molecule has 156 valence electrons. The zero-order chi connectivity index (χ0) is 19.9. The molecule has 2 N–H and O–H groups in total. The molecule has 0 aromatic heterocycles. The molecule has 1 aromatic carbocycles. The van der Waals surface area contributed by atoms with Crippen molar-refractivity contribution in [1.82, 2.24) is 15.5 Å². The number of hydrogen-bond donors (Lipinski definition) is 2. The number of nitrogens with zero attached hydrogens (tertiary/aromatic N) is 3. The van der Waals surface area contributed by atoms with Crippen LogP contribution in [0, 0.1) is 18.7 Å². The van der Waals surface area contributed by atoms with Crippen molar-refractivity contribution in [2.75, 3.05) is 51.2 Å². The fourth-order valence-corrected chi connectivity index (χ4v) is 4.33. The molecule has 0 radical (unpaired) electrons. The van der Waals surface area contributed by atoms with Crippen LogP contribution in [0.25, 0.3) is 0 Å². The molecule has 2 saturated heterocycles. The summed E-state index contributed by atoms with van der Waals surface area (Å²) in [5, 5.41) is 6.99. The Morgan fingerprint density at radius 2 is 2.04 bits per heavy atom. The number of benzene rings is 1. The van der Waals surface area contributed by atoms with Crippen LogP contribution in [0.1, 0.15) is 38.2 Å². The van der Waals surface area contributed by atoms with Crippen LogP contribution in [0.5, 0.6) is 0 Å². The summed E-state index contributed by atoms with van der Waals surface area (Å²) < 4.78 is 14.3. The third-order valence-electron chi connectivity index (χ3n) is 5.78. The molecule has 6 heteroatoms. The zero-order valence-corrected chi connectivity index (χ0v) is 17.7. The van der Waals surface area contributed by atoms with Gasteiger partial charge in [0.1, 0.15) is 5.82 Å². The number of rotatable bonds is 5. The monoisotopic (exact) mass is 389 g/mol. The minimum atomic E-state index is -0.131. The lowest BCUT2D eigenvalue weighted by molar-refractivity contribution is 0.214. The predicted molar refractivity (Wildman–Crippen MR) is 116 cm³/mol. The van der Waals surface area contributed by atoms with Gasteiger partial charge in [0, 0.05) is 38.8 Å². The summed E-state index contributed by atoms with van der Waals surface area (Å²) in [4.78, 5) is 9.44. The van der Waals surface area contributed by atoms with Gasteiger partial charge in [-0.3, -0.25) is 4.99 Å². The first kappa shape index (κ1) is 20.9. The SMILES string of the molecule is CCNC(=NCC1CCCN(C)C1)NC1CCCN(c2cc(C)ccc2F)C1. The molecule has 0 amide bonds. The average molecular weight is 390 g/mol. The number of aryl methyl sites for hydroxylation is 1. The smallest absolute Gasteiger partial charge is 0.191 e. The van der Waals surface area contributed by atoms with Gasteiger partial charge in [0.05, 0.1) is 5.69 Å². The van der Waals surface area contributed by atoms with Crippen molar-refractivity contribution in [1.29, 1.82) is 0 Å². The van der Waals surface area contributed by atoms with Gasteiger partial charge in [0.2, 0.25) is 0 Å². The van der Waals surface area contributed by atoms with E-state index in [9.17, 15) is 4.39 Å². The Balaban J connectivity index is 1.60. The van der Waals surface area contributed by atoms with Crippen molar-refractivity contribution in [2.24, 2.45) is 10.9 Å². The normalized spacial score (nSPS) is 24.3. The van der Waals surface area contributed by atoms with Crippen LogP contribution in [0.4, 0.5) is 10.1 Å². The van der Waals surface area contributed by atoms with E-state index in [0.717, 1.165) is 62.8 Å². The maximum absolute atomic E-state index is 14.3. The van der Waals surface area contributed by atoms with Crippen molar-refractivity contribution in [3.05, 3.63) is 29.6 Å². The summed E-state index contributed by atoms with van der Waals surface area (Å²) >= 11 is 0. The average Bonchev–Trinajstić information content (AvgIpc) is 2.68. The summed E-state index contributed by atoms with van der Waals surface area (Å²) in [5.41, 5.74) is 1.82. The first-order valence-corrected chi connectivity index (χ1v) is 10.8. The third-order valence-corrected chi connectivity index (χ3v) is 5.78. The number of anilines is 1. The number of guanidine groups is 1. The van der Waals surface area contributed by atoms with E-state index in [1.54, 1.807) is 6.07 Å². The van der Waals surface area contributed by atoms with E-state index in [4.69, 9.17) is 4.99 Å². The quantitative estimate of drug-likeness (QED) is 0.600. The van der Waals surface area contributed by atoms with Crippen LogP contribution in [-0.2, 0) is 0 Å². The maximum Gasteiger partial charge on any atom is 0.191 e. The van der Waals surface area contributed by atoms with E-state index in [0.29, 0.717) is 5.92 Å². The largest absolute Gasteiger partial charge is 0.367 e. The van der Waals surface area contributed by atoms with Crippen LogP contribution in [0.3, 0.4) is 0 Å². The molecule has 0 bridgehead atoms. The van der Waals surface area contributed by atoms with Gasteiger partial charge in [-0.1, -0.05) is 6.07 Å². The van der Waals surface area contributed by atoms with Crippen molar-refractivity contribution in [3.8, 4) is 0 Å². The van der Waals surface area contributed by atoms with Gasteiger partial charge in [-0.2, -0.15) is 0 Å². The molecule has 0 aliphatic carbocycles. The summed E-state index contributed by atoms with van der Waals surface area (Å²) in [5.74, 6) is 1.40. The number of hydrogen-bond acceptors (Lipinski definition) is 3. The highest BCUT2D eigenvalue weighted by Gasteiger charge is 2.23. The fraction of sp³-hybridized carbons (Fsp3) is 0.682. The van der Waals surface area contributed by atoms with E-state index < -0.39 is 0 Å². The van der Waals surface area contributed by atoms with Crippen molar-refractivity contribution < 1.29 is 4.39 Å². The van der Waals surface area contributed by atoms with E-state index >= 15 is 0 Å². The van der Waals surface area contributed by atoms with Gasteiger partial charge < -0.3 is 20.4 Å². The molecule has 0 saturated carbocycles. The molecule has 28 heavy (non-hydrogen) atoms. The second-order valence-corrected chi connectivity index (χ2v) is 8.37. The Morgan fingerprint density at radius 1 is 1.21 bits per heavy atom. The second kappa shape index (κ2) is 10.1. The lowest BCUT2D eigenvalue weighted by Gasteiger charge is -2.36. The molecule has 2 aliphatic heterocycles. The predicted octanol–water partition coefficient (Wildman–Crippen LogP) is 3.00. The van der Waals surface area contributed by atoms with E-state index in [1.807, 2.05) is 19.1 Å². The van der Waals surface area contributed by atoms with Gasteiger partial charge in [-0.05, 0) is 76.7 Å². The minimum Gasteiger partial charge on any atom is -0.367 e. The van der Waals surface area contributed by atoms with Gasteiger partial charge in [0.25, 0.3) is 0 Å². The number of likely N-dealkylation sites (tertiary alicyclic amines) is 1. The number of nitrogens with one attached hydrogen (secondary N) is 2. The molecular weight excluding hydrogens is 353 g/mol. The van der Waals surface area contributed by atoms with Gasteiger partial charge in [-0.15, -0.1) is 0 Å². The summed E-state index contributed by atoms with van der Waals surface area (Å²) in [6, 6.07) is 5.64. The Morgan fingerprint density at radius 3 is 2.82 bits per heavy atom. The molecule has 2 atom stereocenters. The lowest BCUT2D eigenvalue weighted by Crippen LogP contribution is -2.51. The maximum atomic E-state index is 14.3. The molecule has 1 aromatic rings. The van der Waals surface area contributed by atoms with Gasteiger partial charge in [-0.25, -0.2) is 4.39 Å². The number of aliphatic imine (C=N–C) groups is 1. The van der Waals surface area contributed by atoms with Crippen LogP contribution in [0.15, 0.2) is 23.2 Å². The highest BCUT2D eigenvalue weighted by molar-refractivity contribution is 5.80. The van der Waals surface area contributed by atoms with E-state index in [-0.39, 0.29) is 11.9 Å². The Hall–Kier alpha value is -1.82. The highest BCUT2D eigenvalue weighted by Crippen LogP contribution is 2.24. The molecule has 2 unspecified atom stereocenters. The summed E-state index contributed by atoms with van der Waals surface area (Å²) in [7, 11) is 2.19. The van der Waals surface area contributed by atoms with Crippen molar-refractivity contribution >= 4 is 11.6 Å².